The van der Waals surface area contributed by atoms with Gasteiger partial charge in [0.2, 0.25) is 0 Å². The van der Waals surface area contributed by atoms with Gasteiger partial charge in [-0.1, -0.05) is 48.8 Å². The van der Waals surface area contributed by atoms with E-state index in [4.69, 9.17) is 0 Å². The van der Waals surface area contributed by atoms with E-state index in [1.807, 2.05) is 12.1 Å². The van der Waals surface area contributed by atoms with Gasteiger partial charge in [-0.05, 0) is 30.4 Å². The van der Waals surface area contributed by atoms with Crippen LogP contribution in [0.3, 0.4) is 0 Å². The summed E-state index contributed by atoms with van der Waals surface area (Å²) in [6.07, 6.45) is 0. The molecule has 0 heterocycles. The summed E-state index contributed by atoms with van der Waals surface area (Å²) >= 11 is 3.58. The van der Waals surface area contributed by atoms with Crippen LogP contribution in [0.1, 0.15) is 27.7 Å². The first-order valence-electron chi connectivity index (χ1n) is 6.45. The lowest BCUT2D eigenvalue weighted by Gasteiger charge is -2.35. The highest BCUT2D eigenvalue weighted by Crippen LogP contribution is 2.30. The van der Waals surface area contributed by atoms with E-state index in [1.165, 1.54) is 6.07 Å². The number of benzene rings is 1. The quantitative estimate of drug-likeness (QED) is 0.711. The van der Waals surface area contributed by atoms with Crippen LogP contribution in [0.5, 0.6) is 0 Å². The van der Waals surface area contributed by atoms with Crippen molar-refractivity contribution in [2.24, 2.45) is 11.3 Å². The fraction of sp³-hybridized carbons (Fsp3) is 0.600. The minimum atomic E-state index is -0.137. The molecule has 18 heavy (non-hydrogen) atoms. The van der Waals surface area contributed by atoms with E-state index in [0.717, 1.165) is 18.4 Å². The van der Waals surface area contributed by atoms with Crippen molar-refractivity contribution in [2.75, 3.05) is 23.3 Å². The number of hydrogen-bond donors (Lipinski definition) is 0. The number of anilines is 1. The van der Waals surface area contributed by atoms with Crippen molar-refractivity contribution in [1.29, 1.82) is 0 Å². The molecule has 1 aromatic rings. The molecule has 0 saturated carbocycles. The maximum atomic E-state index is 13.8. The predicted octanol–water partition coefficient (Wildman–Crippen LogP) is 4.71. The molecule has 0 aliphatic rings. The van der Waals surface area contributed by atoms with Gasteiger partial charge in [0.25, 0.3) is 0 Å². The Morgan fingerprint density at radius 3 is 2.33 bits per heavy atom. The Kier molecular flexibility index (Phi) is 5.64. The molecular formula is C15H23BrFN. The molecule has 0 amide bonds. The smallest absolute Gasteiger partial charge is 0.146 e. The third-order valence-corrected chi connectivity index (χ3v) is 4.21. The topological polar surface area (TPSA) is 3.24 Å². The highest BCUT2D eigenvalue weighted by atomic mass is 79.9. The first kappa shape index (κ1) is 15.5. The Hall–Kier alpha value is -0.570. The van der Waals surface area contributed by atoms with Crippen molar-refractivity contribution in [3.63, 3.8) is 0 Å². The van der Waals surface area contributed by atoms with Crippen molar-refractivity contribution in [3.8, 4) is 0 Å². The van der Waals surface area contributed by atoms with Crippen molar-refractivity contribution in [1.82, 2.24) is 0 Å². The van der Waals surface area contributed by atoms with E-state index in [-0.39, 0.29) is 11.2 Å². The summed E-state index contributed by atoms with van der Waals surface area (Å²) in [6.45, 7) is 10.4. The van der Waals surface area contributed by atoms with E-state index in [2.05, 4.69) is 48.5 Å². The molecule has 0 aromatic heterocycles. The second-order valence-electron chi connectivity index (χ2n) is 5.71. The summed E-state index contributed by atoms with van der Waals surface area (Å²) in [5, 5.41) is 0.932. The number of halogens is 2. The number of rotatable bonds is 5. The van der Waals surface area contributed by atoms with Crippen LogP contribution < -0.4 is 4.90 Å². The van der Waals surface area contributed by atoms with Gasteiger partial charge >= 0.3 is 0 Å². The lowest BCUT2D eigenvalue weighted by molar-refractivity contribution is 0.270. The molecule has 102 valence electrons. The highest BCUT2D eigenvalue weighted by Gasteiger charge is 2.26. The van der Waals surface area contributed by atoms with Crippen LogP contribution in [-0.4, -0.2) is 18.4 Å². The molecule has 1 atom stereocenters. The molecule has 0 bridgehead atoms. The lowest BCUT2D eigenvalue weighted by Crippen LogP contribution is -2.36. The lowest BCUT2D eigenvalue weighted by atomic mass is 9.81. The van der Waals surface area contributed by atoms with E-state index in [0.29, 0.717) is 11.6 Å². The molecule has 0 N–H and O–H groups in total. The number of nitrogens with zero attached hydrogens (tertiary/aromatic N) is 1. The fourth-order valence-corrected chi connectivity index (χ4v) is 3.10. The maximum Gasteiger partial charge on any atom is 0.146 e. The zero-order valence-corrected chi connectivity index (χ0v) is 13.3. The maximum absolute atomic E-state index is 13.8. The second kappa shape index (κ2) is 6.55. The van der Waals surface area contributed by atoms with E-state index in [9.17, 15) is 4.39 Å². The second-order valence-corrected chi connectivity index (χ2v) is 6.35. The van der Waals surface area contributed by atoms with Crippen molar-refractivity contribution in [2.45, 2.75) is 27.7 Å². The summed E-state index contributed by atoms with van der Waals surface area (Å²) in [4.78, 5) is 2.12. The summed E-state index contributed by atoms with van der Waals surface area (Å²) < 4.78 is 13.8. The zero-order valence-electron chi connectivity index (χ0n) is 11.7. The van der Waals surface area contributed by atoms with Crippen LogP contribution in [0.2, 0.25) is 0 Å². The van der Waals surface area contributed by atoms with Gasteiger partial charge in [-0.25, -0.2) is 4.39 Å². The molecule has 0 radical (unpaired) electrons. The summed E-state index contributed by atoms with van der Waals surface area (Å²) in [5.41, 5.74) is 0.914. The zero-order chi connectivity index (χ0) is 13.8. The van der Waals surface area contributed by atoms with Crippen LogP contribution in [0.4, 0.5) is 10.1 Å². The predicted molar refractivity (Wildman–Crippen MR) is 81.0 cm³/mol. The average Bonchev–Trinajstić information content (AvgIpc) is 2.30. The third-order valence-electron chi connectivity index (χ3n) is 3.43. The molecule has 0 saturated heterocycles. The number of hydrogen-bond acceptors (Lipinski definition) is 1. The van der Waals surface area contributed by atoms with Crippen LogP contribution in [-0.2, 0) is 0 Å². The molecule has 0 fully saturated rings. The largest absolute Gasteiger partial charge is 0.369 e. The minimum absolute atomic E-state index is 0.137. The Labute approximate surface area is 119 Å². The first-order chi connectivity index (χ1) is 8.40. The van der Waals surface area contributed by atoms with E-state index in [1.54, 1.807) is 6.07 Å². The Morgan fingerprint density at radius 1 is 1.28 bits per heavy atom. The van der Waals surface area contributed by atoms with Crippen LogP contribution in [0.15, 0.2) is 24.3 Å². The Bertz CT molecular complexity index is 373. The molecule has 1 aromatic carbocycles. The molecular weight excluding hydrogens is 293 g/mol. The number of alkyl halides is 1. The molecule has 0 spiro atoms. The molecule has 0 aliphatic heterocycles. The van der Waals surface area contributed by atoms with Crippen LogP contribution in [0, 0.1) is 17.2 Å². The normalized spacial score (nSPS) is 13.4. The summed E-state index contributed by atoms with van der Waals surface area (Å²) in [5.74, 6) is 0.346. The standard InChI is InChI=1S/C15H23BrFN/c1-5-18(11-12(10-16)15(2,3)4)14-9-7-6-8-13(14)17/h6-9,12H,5,10-11H2,1-4H3. The molecule has 0 aliphatic carbocycles. The SMILES string of the molecule is CCN(CC(CBr)C(C)(C)C)c1ccccc1F. The van der Waals surface area contributed by atoms with Crippen LogP contribution >= 0.6 is 15.9 Å². The highest BCUT2D eigenvalue weighted by molar-refractivity contribution is 9.09. The first-order valence-corrected chi connectivity index (χ1v) is 7.57. The van der Waals surface area contributed by atoms with Crippen molar-refractivity contribution >= 4 is 21.6 Å². The van der Waals surface area contributed by atoms with Gasteiger partial charge in [-0.2, -0.15) is 0 Å². The van der Waals surface area contributed by atoms with Gasteiger partial charge in [0.05, 0.1) is 5.69 Å². The summed E-state index contributed by atoms with van der Waals surface area (Å²) in [6, 6.07) is 7.00. The van der Waals surface area contributed by atoms with E-state index < -0.39 is 0 Å². The molecule has 1 rings (SSSR count). The molecule has 3 heteroatoms. The van der Waals surface area contributed by atoms with Gasteiger partial charge in [0.1, 0.15) is 5.82 Å². The van der Waals surface area contributed by atoms with Gasteiger partial charge in [0.15, 0.2) is 0 Å². The molecule has 1 nitrogen and oxygen atoms in total. The van der Waals surface area contributed by atoms with Gasteiger partial charge < -0.3 is 4.90 Å². The fourth-order valence-electron chi connectivity index (χ4n) is 1.93. The Morgan fingerprint density at radius 2 is 1.89 bits per heavy atom. The van der Waals surface area contributed by atoms with E-state index >= 15 is 0 Å². The van der Waals surface area contributed by atoms with Crippen LogP contribution in [0.25, 0.3) is 0 Å². The Balaban J connectivity index is 2.88. The van der Waals surface area contributed by atoms with Gasteiger partial charge in [-0.3, -0.25) is 0 Å². The number of para-hydroxylation sites is 1. The average molecular weight is 316 g/mol. The molecule has 1 unspecified atom stereocenters. The van der Waals surface area contributed by atoms with Crippen molar-refractivity contribution < 1.29 is 4.39 Å². The third kappa shape index (κ3) is 3.98. The van der Waals surface area contributed by atoms with Gasteiger partial charge in [-0.15, -0.1) is 0 Å². The van der Waals surface area contributed by atoms with Gasteiger partial charge in [0, 0.05) is 18.4 Å². The summed E-state index contributed by atoms with van der Waals surface area (Å²) in [7, 11) is 0. The van der Waals surface area contributed by atoms with Crippen molar-refractivity contribution in [3.05, 3.63) is 30.1 Å². The monoisotopic (exact) mass is 315 g/mol. The minimum Gasteiger partial charge on any atom is -0.369 e.